The molecule has 1 amide bonds. The molecular formula is C13H17FN2O3. The zero-order valence-electron chi connectivity index (χ0n) is 11.1. The minimum absolute atomic E-state index is 0.116. The number of nitrogens with zero attached hydrogens (tertiary/aromatic N) is 1. The maximum absolute atomic E-state index is 12.9. The Kier molecular flexibility index (Phi) is 5.41. The maximum atomic E-state index is 12.9. The summed E-state index contributed by atoms with van der Waals surface area (Å²) in [4.78, 5) is 26.8. The Hall–Kier alpha value is -1.98. The molecule has 104 valence electrons. The van der Waals surface area contributed by atoms with E-state index in [0.29, 0.717) is 6.42 Å². The van der Waals surface area contributed by atoms with E-state index in [-0.39, 0.29) is 11.5 Å². The first-order valence-electron chi connectivity index (χ1n) is 5.94. The Bertz CT molecular complexity index is 463. The number of methoxy groups -OCH3 is 1. The van der Waals surface area contributed by atoms with Gasteiger partial charge >= 0.3 is 5.97 Å². The predicted molar refractivity (Wildman–Crippen MR) is 66.9 cm³/mol. The number of rotatable bonds is 5. The fourth-order valence-electron chi connectivity index (χ4n) is 1.61. The Morgan fingerprint density at radius 2 is 2.16 bits per heavy atom. The van der Waals surface area contributed by atoms with Crippen LogP contribution in [0, 0.1) is 11.9 Å². The molecule has 0 bridgehead atoms. The van der Waals surface area contributed by atoms with Crippen molar-refractivity contribution in [1.82, 2.24) is 10.3 Å². The maximum Gasteiger partial charge on any atom is 0.328 e. The topological polar surface area (TPSA) is 68.3 Å². The predicted octanol–water partition coefficient (Wildman–Crippen LogP) is 1.54. The molecule has 0 spiro atoms. The summed E-state index contributed by atoms with van der Waals surface area (Å²) in [6, 6.07) is 1.65. The number of aromatic nitrogens is 1. The number of carbonyl (C=O) groups excluding carboxylic acids is 2. The summed E-state index contributed by atoms with van der Waals surface area (Å²) in [6.07, 6.45) is 1.64. The number of hydrogen-bond acceptors (Lipinski definition) is 4. The van der Waals surface area contributed by atoms with Gasteiger partial charge in [0, 0.05) is 17.8 Å². The quantitative estimate of drug-likeness (QED) is 0.649. The van der Waals surface area contributed by atoms with E-state index >= 15 is 0 Å². The highest BCUT2D eigenvalue weighted by molar-refractivity contribution is 5.96. The third-order valence-electron chi connectivity index (χ3n) is 2.49. The van der Waals surface area contributed by atoms with E-state index in [1.807, 2.05) is 13.8 Å². The van der Waals surface area contributed by atoms with Crippen LogP contribution in [0.25, 0.3) is 0 Å². The van der Waals surface area contributed by atoms with E-state index in [1.165, 1.54) is 19.4 Å². The van der Waals surface area contributed by atoms with Crippen molar-refractivity contribution in [3.05, 3.63) is 29.8 Å². The normalized spacial score (nSPS) is 12.1. The molecule has 0 saturated heterocycles. The van der Waals surface area contributed by atoms with Crippen molar-refractivity contribution < 1.29 is 18.7 Å². The number of halogens is 1. The highest BCUT2D eigenvalue weighted by Gasteiger charge is 2.23. The molecule has 1 N–H and O–H groups in total. The molecular weight excluding hydrogens is 251 g/mol. The standard InChI is InChI=1S/C13H17FN2O3/c1-8(2)6-10(13(18)19-3)16-12(17)9-4-5-15-11(14)7-9/h4-5,7-8,10H,6H2,1-3H3,(H,16,17). The molecule has 0 fully saturated rings. The van der Waals surface area contributed by atoms with Gasteiger partial charge in [-0.2, -0.15) is 4.39 Å². The number of nitrogens with one attached hydrogen (secondary N) is 1. The fraction of sp³-hybridized carbons (Fsp3) is 0.462. The van der Waals surface area contributed by atoms with Gasteiger partial charge in [-0.1, -0.05) is 13.8 Å². The van der Waals surface area contributed by atoms with Crippen LogP contribution in [0.5, 0.6) is 0 Å². The van der Waals surface area contributed by atoms with Crippen LogP contribution in [0.1, 0.15) is 30.6 Å². The minimum atomic E-state index is -0.744. The first-order chi connectivity index (χ1) is 8.93. The summed E-state index contributed by atoms with van der Waals surface area (Å²) in [5.74, 6) is -1.58. The van der Waals surface area contributed by atoms with Gasteiger partial charge in [0.05, 0.1) is 7.11 Å². The Morgan fingerprint density at radius 3 is 2.68 bits per heavy atom. The van der Waals surface area contributed by atoms with Crippen LogP contribution in [-0.2, 0) is 9.53 Å². The van der Waals surface area contributed by atoms with Gasteiger partial charge in [0.25, 0.3) is 5.91 Å². The van der Waals surface area contributed by atoms with Crippen LogP contribution in [0.3, 0.4) is 0 Å². The SMILES string of the molecule is COC(=O)C(CC(C)C)NC(=O)c1ccnc(F)c1. The minimum Gasteiger partial charge on any atom is -0.467 e. The van der Waals surface area contributed by atoms with E-state index < -0.39 is 23.9 Å². The highest BCUT2D eigenvalue weighted by Crippen LogP contribution is 2.08. The van der Waals surface area contributed by atoms with Gasteiger partial charge in [0.15, 0.2) is 0 Å². The van der Waals surface area contributed by atoms with Crippen LogP contribution in [0.4, 0.5) is 4.39 Å². The Balaban J connectivity index is 2.78. The van der Waals surface area contributed by atoms with Gasteiger partial charge in [-0.05, 0) is 18.4 Å². The number of carbonyl (C=O) groups is 2. The van der Waals surface area contributed by atoms with E-state index in [4.69, 9.17) is 0 Å². The van der Waals surface area contributed by atoms with E-state index in [2.05, 4.69) is 15.0 Å². The lowest BCUT2D eigenvalue weighted by molar-refractivity contribution is -0.143. The van der Waals surface area contributed by atoms with Gasteiger partial charge in [-0.15, -0.1) is 0 Å². The molecule has 5 nitrogen and oxygen atoms in total. The van der Waals surface area contributed by atoms with Crippen LogP contribution in [0.2, 0.25) is 0 Å². The van der Waals surface area contributed by atoms with Crippen LogP contribution < -0.4 is 5.32 Å². The second-order valence-corrected chi connectivity index (χ2v) is 4.55. The number of pyridine rings is 1. The lowest BCUT2D eigenvalue weighted by atomic mass is 10.0. The van der Waals surface area contributed by atoms with Crippen LogP contribution in [-0.4, -0.2) is 30.0 Å². The van der Waals surface area contributed by atoms with Gasteiger partial charge in [0.2, 0.25) is 5.95 Å². The van der Waals surface area contributed by atoms with Crippen molar-refractivity contribution >= 4 is 11.9 Å². The molecule has 1 unspecified atom stereocenters. The molecule has 1 atom stereocenters. The number of hydrogen-bond donors (Lipinski definition) is 1. The smallest absolute Gasteiger partial charge is 0.328 e. The molecule has 0 saturated carbocycles. The lowest BCUT2D eigenvalue weighted by Crippen LogP contribution is -2.42. The summed E-state index contributed by atoms with van der Waals surface area (Å²) < 4.78 is 17.6. The lowest BCUT2D eigenvalue weighted by Gasteiger charge is -2.18. The summed E-state index contributed by atoms with van der Waals surface area (Å²) >= 11 is 0. The number of ether oxygens (including phenoxy) is 1. The van der Waals surface area contributed by atoms with Crippen LogP contribution in [0.15, 0.2) is 18.3 Å². The fourth-order valence-corrected chi connectivity index (χ4v) is 1.61. The van der Waals surface area contributed by atoms with Crippen molar-refractivity contribution in [2.24, 2.45) is 5.92 Å². The molecule has 0 aliphatic rings. The van der Waals surface area contributed by atoms with E-state index in [0.717, 1.165) is 6.07 Å². The highest BCUT2D eigenvalue weighted by atomic mass is 19.1. The monoisotopic (exact) mass is 268 g/mol. The molecule has 0 aliphatic carbocycles. The summed E-state index contributed by atoms with van der Waals surface area (Å²) in [6.45, 7) is 3.85. The zero-order chi connectivity index (χ0) is 14.4. The van der Waals surface area contributed by atoms with Crippen molar-refractivity contribution in [2.45, 2.75) is 26.3 Å². The summed E-state index contributed by atoms with van der Waals surface area (Å²) in [5.41, 5.74) is 0.116. The third-order valence-corrected chi connectivity index (χ3v) is 2.49. The zero-order valence-corrected chi connectivity index (χ0v) is 11.1. The Labute approximate surface area is 111 Å². The molecule has 0 aliphatic heterocycles. The molecule has 1 rings (SSSR count). The average Bonchev–Trinajstić information content (AvgIpc) is 2.36. The first-order valence-corrected chi connectivity index (χ1v) is 5.94. The molecule has 1 heterocycles. The number of amides is 1. The molecule has 1 aromatic rings. The third kappa shape index (κ3) is 4.65. The number of esters is 1. The average molecular weight is 268 g/mol. The first kappa shape index (κ1) is 15.1. The van der Waals surface area contributed by atoms with Gasteiger partial charge < -0.3 is 10.1 Å². The van der Waals surface area contributed by atoms with E-state index in [9.17, 15) is 14.0 Å². The van der Waals surface area contributed by atoms with Gasteiger partial charge in [0.1, 0.15) is 6.04 Å². The van der Waals surface area contributed by atoms with E-state index in [1.54, 1.807) is 0 Å². The largest absolute Gasteiger partial charge is 0.467 e. The molecule has 1 aromatic heterocycles. The Morgan fingerprint density at radius 1 is 1.47 bits per heavy atom. The van der Waals surface area contributed by atoms with Crippen molar-refractivity contribution in [1.29, 1.82) is 0 Å². The van der Waals surface area contributed by atoms with Crippen molar-refractivity contribution in [2.75, 3.05) is 7.11 Å². The molecule has 6 heteroatoms. The molecule has 19 heavy (non-hydrogen) atoms. The molecule has 0 radical (unpaired) electrons. The summed E-state index contributed by atoms with van der Waals surface area (Å²) in [7, 11) is 1.26. The summed E-state index contributed by atoms with van der Waals surface area (Å²) in [5, 5.41) is 2.53. The molecule has 0 aromatic carbocycles. The van der Waals surface area contributed by atoms with Crippen molar-refractivity contribution in [3.63, 3.8) is 0 Å². The van der Waals surface area contributed by atoms with Crippen molar-refractivity contribution in [3.8, 4) is 0 Å². The second kappa shape index (κ2) is 6.82. The second-order valence-electron chi connectivity index (χ2n) is 4.55. The van der Waals surface area contributed by atoms with Gasteiger partial charge in [-0.3, -0.25) is 4.79 Å². The van der Waals surface area contributed by atoms with Crippen LogP contribution >= 0.6 is 0 Å². The van der Waals surface area contributed by atoms with Gasteiger partial charge in [-0.25, -0.2) is 9.78 Å².